The van der Waals surface area contributed by atoms with E-state index in [0.717, 1.165) is 69.1 Å². The number of carbonyl (C=O) groups excluding carboxylic acids is 2. The van der Waals surface area contributed by atoms with Gasteiger partial charge in [-0.3, -0.25) is 14.5 Å². The van der Waals surface area contributed by atoms with Crippen molar-refractivity contribution < 1.29 is 37.3 Å². The molecule has 266 valence electrons. The van der Waals surface area contributed by atoms with Gasteiger partial charge in [-0.2, -0.15) is 13.2 Å². The van der Waals surface area contributed by atoms with Crippen LogP contribution in [0, 0.1) is 11.8 Å². The highest BCUT2D eigenvalue weighted by Crippen LogP contribution is 2.31. The number of alkyl halides is 3. The summed E-state index contributed by atoms with van der Waals surface area (Å²) in [6, 6.07) is 9.88. The Morgan fingerprint density at radius 3 is 2.40 bits per heavy atom. The van der Waals surface area contributed by atoms with Crippen molar-refractivity contribution in [3.63, 3.8) is 0 Å². The van der Waals surface area contributed by atoms with Crippen LogP contribution in [0.1, 0.15) is 93.6 Å². The minimum atomic E-state index is -4.39. The molecule has 48 heavy (non-hydrogen) atoms. The molecular formula is C37H52F3N3O5. The quantitative estimate of drug-likeness (QED) is 0.309. The Morgan fingerprint density at radius 1 is 1.04 bits per heavy atom. The normalized spacial score (nSPS) is 22.8. The maximum Gasteiger partial charge on any atom is 0.416 e. The van der Waals surface area contributed by atoms with E-state index < -0.39 is 17.8 Å². The summed E-state index contributed by atoms with van der Waals surface area (Å²) in [5.74, 6) is -0.105. The summed E-state index contributed by atoms with van der Waals surface area (Å²) in [5.41, 5.74) is 0.928. The number of hydrogen-bond acceptors (Lipinski definition) is 6. The number of rotatable bonds is 8. The van der Waals surface area contributed by atoms with E-state index in [0.29, 0.717) is 36.7 Å². The highest BCUT2D eigenvalue weighted by Gasteiger charge is 2.32. The van der Waals surface area contributed by atoms with Crippen molar-refractivity contribution >= 4 is 17.5 Å². The number of anilines is 1. The monoisotopic (exact) mass is 675 g/mol. The molecule has 1 saturated carbocycles. The lowest BCUT2D eigenvalue weighted by atomic mass is 9.88. The first-order valence-electron chi connectivity index (χ1n) is 17.3. The number of carbonyl (C=O) groups is 2. The number of aliphatic hydroxyl groups excluding tert-OH is 1. The topological polar surface area (TPSA) is 91.3 Å². The first kappa shape index (κ1) is 37.7. The minimum absolute atomic E-state index is 0.0353. The van der Waals surface area contributed by atoms with Gasteiger partial charge in [0.05, 0.1) is 36.0 Å². The van der Waals surface area contributed by atoms with Gasteiger partial charge in [-0.05, 0) is 88.9 Å². The van der Waals surface area contributed by atoms with Gasteiger partial charge >= 0.3 is 6.18 Å². The third kappa shape index (κ3) is 10.7. The Labute approximate surface area is 283 Å². The number of benzene rings is 2. The fraction of sp³-hybridized carbons (Fsp3) is 0.622. The Balaban J connectivity index is 1.56. The van der Waals surface area contributed by atoms with E-state index in [1.807, 2.05) is 25.8 Å². The molecule has 0 saturated heterocycles. The van der Waals surface area contributed by atoms with Crippen LogP contribution in [0.2, 0.25) is 0 Å². The molecule has 0 aromatic heterocycles. The highest BCUT2D eigenvalue weighted by atomic mass is 19.4. The molecule has 1 aliphatic carbocycles. The summed E-state index contributed by atoms with van der Waals surface area (Å²) < 4.78 is 51.9. The number of nitrogens with zero attached hydrogens (tertiary/aromatic N) is 2. The zero-order chi connectivity index (χ0) is 34.8. The lowest BCUT2D eigenvalue weighted by molar-refractivity contribution is -0.137. The van der Waals surface area contributed by atoms with E-state index >= 15 is 0 Å². The predicted molar refractivity (Wildman–Crippen MR) is 180 cm³/mol. The van der Waals surface area contributed by atoms with Crippen LogP contribution in [0.5, 0.6) is 5.75 Å². The summed E-state index contributed by atoms with van der Waals surface area (Å²) in [6.45, 7) is 7.24. The largest absolute Gasteiger partial charge is 0.490 e. The number of halogens is 3. The Kier molecular flexibility index (Phi) is 13.7. The van der Waals surface area contributed by atoms with E-state index in [1.54, 1.807) is 30.0 Å². The molecular weight excluding hydrogens is 623 g/mol. The lowest BCUT2D eigenvalue weighted by Gasteiger charge is -2.36. The average molecular weight is 676 g/mol. The second-order valence-corrected chi connectivity index (χ2v) is 13.7. The molecule has 2 amide bonds. The summed E-state index contributed by atoms with van der Waals surface area (Å²) in [4.78, 5) is 31.1. The number of amides is 2. The van der Waals surface area contributed by atoms with Gasteiger partial charge in [0.1, 0.15) is 5.75 Å². The van der Waals surface area contributed by atoms with Crippen LogP contribution in [0.3, 0.4) is 0 Å². The summed E-state index contributed by atoms with van der Waals surface area (Å²) >= 11 is 0. The van der Waals surface area contributed by atoms with Crippen LogP contribution in [-0.4, -0.2) is 78.3 Å². The molecule has 1 heterocycles. The smallest absolute Gasteiger partial charge is 0.416 e. The molecule has 1 fully saturated rings. The van der Waals surface area contributed by atoms with Crippen molar-refractivity contribution in [3.8, 4) is 5.75 Å². The van der Waals surface area contributed by atoms with Gasteiger partial charge in [0, 0.05) is 43.8 Å². The molecule has 0 spiro atoms. The zero-order valence-electron chi connectivity index (χ0n) is 28.7. The molecule has 0 unspecified atom stereocenters. The molecule has 0 radical (unpaired) electrons. The summed E-state index contributed by atoms with van der Waals surface area (Å²) in [5, 5.41) is 13.3. The molecule has 1 aliphatic heterocycles. The summed E-state index contributed by atoms with van der Waals surface area (Å²) in [6.07, 6.45) is 2.51. The van der Waals surface area contributed by atoms with E-state index in [1.165, 1.54) is 12.1 Å². The van der Waals surface area contributed by atoms with Crippen LogP contribution in [0.25, 0.3) is 0 Å². The molecule has 11 heteroatoms. The van der Waals surface area contributed by atoms with Crippen LogP contribution in [0.4, 0.5) is 18.9 Å². The molecule has 2 N–H and O–H groups in total. The van der Waals surface area contributed by atoms with Gasteiger partial charge < -0.3 is 24.8 Å². The van der Waals surface area contributed by atoms with Gasteiger partial charge in [0.15, 0.2) is 0 Å². The van der Waals surface area contributed by atoms with Crippen molar-refractivity contribution in [1.29, 1.82) is 0 Å². The van der Waals surface area contributed by atoms with E-state index in [4.69, 9.17) is 9.47 Å². The Morgan fingerprint density at radius 2 is 1.73 bits per heavy atom. The molecule has 4 atom stereocenters. The molecule has 2 aromatic carbocycles. The van der Waals surface area contributed by atoms with Gasteiger partial charge in [0.25, 0.3) is 5.91 Å². The van der Waals surface area contributed by atoms with Gasteiger partial charge in [-0.25, -0.2) is 0 Å². The zero-order valence-corrected chi connectivity index (χ0v) is 28.7. The maximum absolute atomic E-state index is 14.4. The number of fused-ring (bicyclic) bond motifs is 1. The van der Waals surface area contributed by atoms with Crippen molar-refractivity contribution in [2.45, 2.75) is 103 Å². The number of aliphatic hydroxyl groups is 1. The van der Waals surface area contributed by atoms with Crippen molar-refractivity contribution in [2.24, 2.45) is 11.8 Å². The van der Waals surface area contributed by atoms with E-state index in [-0.39, 0.29) is 49.0 Å². The summed E-state index contributed by atoms with van der Waals surface area (Å²) in [7, 11) is 1.90. The molecule has 2 aliphatic rings. The van der Waals surface area contributed by atoms with Gasteiger partial charge in [-0.1, -0.05) is 38.3 Å². The van der Waals surface area contributed by atoms with Crippen LogP contribution >= 0.6 is 0 Å². The van der Waals surface area contributed by atoms with Gasteiger partial charge in [-0.15, -0.1) is 0 Å². The fourth-order valence-corrected chi connectivity index (χ4v) is 6.55. The first-order valence-corrected chi connectivity index (χ1v) is 17.3. The Bertz CT molecular complexity index is 1330. The Hall–Kier alpha value is -3.15. The number of ether oxygens (including phenoxy) is 2. The van der Waals surface area contributed by atoms with E-state index in [2.05, 4.69) is 5.32 Å². The minimum Gasteiger partial charge on any atom is -0.490 e. The van der Waals surface area contributed by atoms with Crippen LogP contribution in [0.15, 0.2) is 42.5 Å². The lowest BCUT2D eigenvalue weighted by Crippen LogP contribution is -2.47. The molecule has 0 bridgehead atoms. The second kappa shape index (κ2) is 17.5. The number of nitrogens with one attached hydrogen (secondary N) is 1. The first-order chi connectivity index (χ1) is 22.8. The second-order valence-electron chi connectivity index (χ2n) is 13.7. The highest BCUT2D eigenvalue weighted by molar-refractivity contribution is 6.00. The standard InChI is InChI=1S/C37H52F3N3O5/c1-25-21-43(26(2)24-44)36(46)32-20-31(41-35(45)29-11-6-5-7-12-29)17-18-33(32)48-27(3)10-8-9-19-47-34(25)23-42(4)22-28-13-15-30(16-14-28)37(38,39)40/h13-18,20,25-27,29,34,44H,5-12,19,21-24H2,1-4H3,(H,41,45)/t25-,26+,27+,34-/m1/s1. The van der Waals surface area contributed by atoms with Crippen molar-refractivity contribution in [3.05, 3.63) is 59.2 Å². The van der Waals surface area contributed by atoms with Crippen molar-refractivity contribution in [1.82, 2.24) is 9.80 Å². The van der Waals surface area contributed by atoms with Gasteiger partial charge in [0.2, 0.25) is 5.91 Å². The van der Waals surface area contributed by atoms with E-state index in [9.17, 15) is 27.9 Å². The third-order valence-electron chi connectivity index (χ3n) is 9.52. The van der Waals surface area contributed by atoms with Crippen LogP contribution in [-0.2, 0) is 22.3 Å². The third-order valence-corrected chi connectivity index (χ3v) is 9.52. The molecule has 2 aromatic rings. The number of hydrogen-bond donors (Lipinski definition) is 2. The SMILES string of the molecule is C[C@@H]1CN([C@@H](C)CO)C(=O)c2cc(NC(=O)C3CCCCC3)ccc2O[C@@H](C)CCCCO[C@@H]1CN(C)Cc1ccc(C(F)(F)F)cc1. The number of likely N-dealkylation sites (N-methyl/N-ethyl adjacent to an activating group) is 1. The van der Waals surface area contributed by atoms with Crippen molar-refractivity contribution in [2.75, 3.05) is 38.7 Å². The average Bonchev–Trinajstić information content (AvgIpc) is 3.06. The predicted octanol–water partition coefficient (Wildman–Crippen LogP) is 7.15. The fourth-order valence-electron chi connectivity index (χ4n) is 6.55. The maximum atomic E-state index is 14.4. The van der Waals surface area contributed by atoms with Crippen LogP contribution < -0.4 is 10.1 Å². The molecule has 8 nitrogen and oxygen atoms in total. The molecule has 4 rings (SSSR count).